The van der Waals surface area contributed by atoms with Gasteiger partial charge in [0, 0.05) is 11.3 Å². The molecular formula is C15H14N4O2. The van der Waals surface area contributed by atoms with Crippen LogP contribution in [0.15, 0.2) is 41.2 Å². The fourth-order valence-corrected chi connectivity index (χ4v) is 2.34. The van der Waals surface area contributed by atoms with Gasteiger partial charge in [0.25, 0.3) is 5.56 Å². The van der Waals surface area contributed by atoms with Gasteiger partial charge in [0.2, 0.25) is 5.91 Å². The smallest absolute Gasteiger partial charge is 0.263 e. The molecule has 0 aliphatic rings. The highest BCUT2D eigenvalue weighted by atomic mass is 16.2. The second-order valence-corrected chi connectivity index (χ2v) is 4.87. The molecule has 2 heterocycles. The summed E-state index contributed by atoms with van der Waals surface area (Å²) >= 11 is 0. The molecule has 3 N–H and O–H groups in total. The number of nitrogens with one attached hydrogen (secondary N) is 1. The Balaban J connectivity index is 2.35. The zero-order valence-electron chi connectivity index (χ0n) is 11.5. The van der Waals surface area contributed by atoms with Crippen LogP contribution >= 0.6 is 0 Å². The number of benzene rings is 1. The summed E-state index contributed by atoms with van der Waals surface area (Å²) in [4.78, 5) is 31.4. The summed E-state index contributed by atoms with van der Waals surface area (Å²) in [5.41, 5.74) is 7.08. The Bertz CT molecular complexity index is 878. The van der Waals surface area contributed by atoms with E-state index in [2.05, 4.69) is 9.97 Å². The SMILES string of the molecule is Cc1cc2c(=O)n(CC(N)=O)c(-c3ccccc3)nc2[nH]1. The van der Waals surface area contributed by atoms with Gasteiger partial charge in [-0.1, -0.05) is 30.3 Å². The summed E-state index contributed by atoms with van der Waals surface area (Å²) in [6.07, 6.45) is 0. The normalized spacial score (nSPS) is 10.9. The molecule has 3 rings (SSSR count). The topological polar surface area (TPSA) is 93.8 Å². The lowest BCUT2D eigenvalue weighted by Crippen LogP contribution is -2.30. The van der Waals surface area contributed by atoms with Crippen LogP contribution in [0.1, 0.15) is 5.69 Å². The van der Waals surface area contributed by atoms with Gasteiger partial charge in [0.1, 0.15) is 18.0 Å². The van der Waals surface area contributed by atoms with E-state index >= 15 is 0 Å². The molecule has 0 aliphatic heterocycles. The molecule has 1 aromatic carbocycles. The van der Waals surface area contributed by atoms with Gasteiger partial charge in [-0.2, -0.15) is 0 Å². The summed E-state index contributed by atoms with van der Waals surface area (Å²) in [6.45, 7) is 1.65. The first kappa shape index (κ1) is 13.1. The van der Waals surface area contributed by atoms with Crippen LogP contribution in [0.25, 0.3) is 22.4 Å². The van der Waals surface area contributed by atoms with Crippen LogP contribution in [0.2, 0.25) is 0 Å². The van der Waals surface area contributed by atoms with Crippen LogP contribution in [-0.4, -0.2) is 20.4 Å². The number of aromatic nitrogens is 3. The van der Waals surface area contributed by atoms with Crippen LogP contribution in [0, 0.1) is 6.92 Å². The Hall–Kier alpha value is -2.89. The van der Waals surface area contributed by atoms with Gasteiger partial charge >= 0.3 is 0 Å². The van der Waals surface area contributed by atoms with E-state index in [1.54, 1.807) is 6.07 Å². The Labute approximate surface area is 120 Å². The predicted molar refractivity (Wildman–Crippen MR) is 79.7 cm³/mol. The van der Waals surface area contributed by atoms with E-state index < -0.39 is 5.91 Å². The number of nitrogens with zero attached hydrogens (tertiary/aromatic N) is 2. The summed E-state index contributed by atoms with van der Waals surface area (Å²) in [5, 5.41) is 0.452. The number of carbonyl (C=O) groups excluding carboxylic acids is 1. The number of hydrogen-bond donors (Lipinski definition) is 2. The third kappa shape index (κ3) is 2.31. The van der Waals surface area contributed by atoms with E-state index in [0.717, 1.165) is 11.3 Å². The highest BCUT2D eigenvalue weighted by Crippen LogP contribution is 2.18. The molecule has 3 aromatic rings. The van der Waals surface area contributed by atoms with Crippen molar-refractivity contribution in [3.05, 3.63) is 52.4 Å². The molecule has 0 atom stereocenters. The maximum absolute atomic E-state index is 12.6. The van der Waals surface area contributed by atoms with E-state index in [1.807, 2.05) is 37.3 Å². The summed E-state index contributed by atoms with van der Waals surface area (Å²) in [6, 6.07) is 11.0. The lowest BCUT2D eigenvalue weighted by molar-refractivity contribution is -0.118. The number of nitrogens with two attached hydrogens (primary N) is 1. The molecule has 6 heteroatoms. The first-order valence-corrected chi connectivity index (χ1v) is 6.50. The molecular weight excluding hydrogens is 268 g/mol. The van der Waals surface area contributed by atoms with Gasteiger partial charge in [0.15, 0.2) is 0 Å². The average Bonchev–Trinajstić information content (AvgIpc) is 2.83. The fraction of sp³-hybridized carbons (Fsp3) is 0.133. The quantitative estimate of drug-likeness (QED) is 0.755. The van der Waals surface area contributed by atoms with Crippen molar-refractivity contribution in [1.29, 1.82) is 0 Å². The molecule has 6 nitrogen and oxygen atoms in total. The largest absolute Gasteiger partial charge is 0.368 e. The second kappa shape index (κ2) is 4.90. The van der Waals surface area contributed by atoms with Crippen LogP contribution in [0.4, 0.5) is 0 Å². The Morgan fingerprint density at radius 2 is 2.05 bits per heavy atom. The number of hydrogen-bond acceptors (Lipinski definition) is 3. The Morgan fingerprint density at radius 1 is 1.33 bits per heavy atom. The molecule has 106 valence electrons. The van der Waals surface area contributed by atoms with Crippen molar-refractivity contribution in [1.82, 2.24) is 14.5 Å². The number of rotatable bonds is 3. The molecule has 0 radical (unpaired) electrons. The third-order valence-corrected chi connectivity index (χ3v) is 3.23. The third-order valence-electron chi connectivity index (χ3n) is 3.23. The molecule has 0 saturated carbocycles. The molecule has 1 amide bonds. The van der Waals surface area contributed by atoms with Gasteiger partial charge < -0.3 is 10.7 Å². The van der Waals surface area contributed by atoms with Gasteiger partial charge in [0.05, 0.1) is 5.39 Å². The number of primary amides is 1. The maximum atomic E-state index is 12.6. The van der Waals surface area contributed by atoms with Crippen molar-refractivity contribution in [2.45, 2.75) is 13.5 Å². The number of amides is 1. The molecule has 0 bridgehead atoms. The van der Waals surface area contributed by atoms with Gasteiger partial charge in [-0.05, 0) is 13.0 Å². The number of carbonyl (C=O) groups is 1. The van der Waals surface area contributed by atoms with E-state index in [1.165, 1.54) is 4.57 Å². The molecule has 0 spiro atoms. The highest BCUT2D eigenvalue weighted by Gasteiger charge is 2.15. The van der Waals surface area contributed by atoms with Crippen molar-refractivity contribution < 1.29 is 4.79 Å². The molecule has 21 heavy (non-hydrogen) atoms. The summed E-state index contributed by atoms with van der Waals surface area (Å²) < 4.78 is 1.31. The second-order valence-electron chi connectivity index (χ2n) is 4.87. The Morgan fingerprint density at radius 3 is 2.71 bits per heavy atom. The Kier molecular flexibility index (Phi) is 3.06. The zero-order chi connectivity index (χ0) is 15.0. The minimum Gasteiger partial charge on any atom is -0.368 e. The number of fused-ring (bicyclic) bond motifs is 1. The molecule has 0 aliphatic carbocycles. The average molecular weight is 282 g/mol. The van der Waals surface area contributed by atoms with Crippen molar-refractivity contribution in [3.8, 4) is 11.4 Å². The van der Waals surface area contributed by atoms with E-state index in [-0.39, 0.29) is 12.1 Å². The number of aromatic amines is 1. The predicted octanol–water partition coefficient (Wildman–Crippen LogP) is 1.19. The standard InChI is InChI=1S/C15H14N4O2/c1-9-7-11-13(17-9)18-14(10-5-3-2-4-6-10)19(15(11)21)8-12(16)20/h2-7,17H,8H2,1H3,(H2,16,20). The molecule has 0 saturated heterocycles. The van der Waals surface area contributed by atoms with Gasteiger partial charge in [-0.15, -0.1) is 0 Å². The monoisotopic (exact) mass is 282 g/mol. The van der Waals surface area contributed by atoms with Crippen molar-refractivity contribution in [2.75, 3.05) is 0 Å². The number of H-pyrrole nitrogens is 1. The number of aryl methyl sites for hydroxylation is 1. The fourth-order valence-electron chi connectivity index (χ4n) is 2.34. The van der Waals surface area contributed by atoms with Crippen LogP contribution in [-0.2, 0) is 11.3 Å². The lowest BCUT2D eigenvalue weighted by atomic mass is 10.2. The van der Waals surface area contributed by atoms with E-state index in [9.17, 15) is 9.59 Å². The molecule has 0 fully saturated rings. The minimum absolute atomic E-state index is 0.198. The molecule has 2 aromatic heterocycles. The van der Waals surface area contributed by atoms with Crippen LogP contribution < -0.4 is 11.3 Å². The van der Waals surface area contributed by atoms with Crippen LogP contribution in [0.3, 0.4) is 0 Å². The van der Waals surface area contributed by atoms with Gasteiger partial charge in [-0.3, -0.25) is 14.2 Å². The lowest BCUT2D eigenvalue weighted by Gasteiger charge is -2.10. The zero-order valence-corrected chi connectivity index (χ0v) is 11.5. The minimum atomic E-state index is -0.581. The first-order valence-electron chi connectivity index (χ1n) is 6.50. The van der Waals surface area contributed by atoms with E-state index in [0.29, 0.717) is 16.9 Å². The maximum Gasteiger partial charge on any atom is 0.263 e. The highest BCUT2D eigenvalue weighted by molar-refractivity contribution is 5.80. The van der Waals surface area contributed by atoms with Crippen molar-refractivity contribution in [3.63, 3.8) is 0 Å². The van der Waals surface area contributed by atoms with E-state index in [4.69, 9.17) is 5.73 Å². The van der Waals surface area contributed by atoms with Crippen molar-refractivity contribution >= 4 is 16.9 Å². The summed E-state index contributed by atoms with van der Waals surface area (Å²) in [5.74, 6) is -0.156. The van der Waals surface area contributed by atoms with Gasteiger partial charge in [-0.25, -0.2) is 4.98 Å². The molecule has 0 unspecified atom stereocenters. The van der Waals surface area contributed by atoms with Crippen LogP contribution in [0.5, 0.6) is 0 Å². The first-order chi connectivity index (χ1) is 10.1. The van der Waals surface area contributed by atoms with Crippen molar-refractivity contribution in [2.24, 2.45) is 5.73 Å². The summed E-state index contributed by atoms with van der Waals surface area (Å²) in [7, 11) is 0.